The van der Waals surface area contributed by atoms with E-state index in [0.717, 1.165) is 17.9 Å². The Labute approximate surface area is 123 Å². The van der Waals surface area contributed by atoms with Gasteiger partial charge >= 0.3 is 0 Å². The Morgan fingerprint density at radius 2 is 2.00 bits per heavy atom. The molecule has 1 aliphatic carbocycles. The Morgan fingerprint density at radius 3 is 2.62 bits per heavy atom. The lowest BCUT2D eigenvalue weighted by molar-refractivity contribution is 0.0950. The standard InChI is InChI=1S/C16H18FN3O/c1-10-15(16(21)18-9-12-3-4-12)11(2)20(19-10)14-7-5-13(17)6-8-14/h5-8,12H,3-4,9H2,1-2H3,(H,18,21). The van der Waals surface area contributed by atoms with Crippen LogP contribution in [0.5, 0.6) is 0 Å². The van der Waals surface area contributed by atoms with E-state index in [1.165, 1.54) is 25.0 Å². The van der Waals surface area contributed by atoms with Crippen LogP contribution >= 0.6 is 0 Å². The van der Waals surface area contributed by atoms with Gasteiger partial charge in [0.05, 0.1) is 22.6 Å². The first-order valence-electron chi connectivity index (χ1n) is 7.16. The van der Waals surface area contributed by atoms with Crippen LogP contribution in [0.15, 0.2) is 24.3 Å². The highest BCUT2D eigenvalue weighted by Crippen LogP contribution is 2.28. The predicted molar refractivity (Wildman–Crippen MR) is 78.1 cm³/mol. The lowest BCUT2D eigenvalue weighted by atomic mass is 10.2. The Bertz CT molecular complexity index is 672. The minimum Gasteiger partial charge on any atom is -0.352 e. The average molecular weight is 287 g/mol. The molecule has 1 aliphatic rings. The fourth-order valence-corrected chi connectivity index (χ4v) is 2.45. The number of nitrogens with zero attached hydrogens (tertiary/aromatic N) is 2. The van der Waals surface area contributed by atoms with Crippen LogP contribution in [0.4, 0.5) is 4.39 Å². The first kappa shape index (κ1) is 13.8. The highest BCUT2D eigenvalue weighted by molar-refractivity contribution is 5.96. The van der Waals surface area contributed by atoms with Gasteiger partial charge in [-0.05, 0) is 56.9 Å². The number of benzene rings is 1. The van der Waals surface area contributed by atoms with E-state index in [1.807, 2.05) is 13.8 Å². The number of hydrogen-bond acceptors (Lipinski definition) is 2. The second-order valence-corrected chi connectivity index (χ2v) is 5.59. The summed E-state index contributed by atoms with van der Waals surface area (Å²) in [5.74, 6) is 0.273. The third-order valence-corrected chi connectivity index (χ3v) is 3.84. The van der Waals surface area contributed by atoms with E-state index in [4.69, 9.17) is 0 Å². The van der Waals surface area contributed by atoms with Crippen LogP contribution in [0.1, 0.15) is 34.6 Å². The van der Waals surface area contributed by atoms with Crippen molar-refractivity contribution in [3.63, 3.8) is 0 Å². The van der Waals surface area contributed by atoms with E-state index in [2.05, 4.69) is 10.4 Å². The highest BCUT2D eigenvalue weighted by atomic mass is 19.1. The maximum atomic E-state index is 13.0. The summed E-state index contributed by atoms with van der Waals surface area (Å²) in [5.41, 5.74) is 2.82. The maximum Gasteiger partial charge on any atom is 0.255 e. The SMILES string of the molecule is Cc1nn(-c2ccc(F)cc2)c(C)c1C(=O)NCC1CC1. The Balaban J connectivity index is 1.88. The number of halogens is 1. The van der Waals surface area contributed by atoms with Crippen molar-refractivity contribution in [2.45, 2.75) is 26.7 Å². The quantitative estimate of drug-likeness (QED) is 0.940. The summed E-state index contributed by atoms with van der Waals surface area (Å²) in [7, 11) is 0. The summed E-state index contributed by atoms with van der Waals surface area (Å²) < 4.78 is 14.7. The van der Waals surface area contributed by atoms with Gasteiger partial charge in [-0.2, -0.15) is 5.10 Å². The second kappa shape index (κ2) is 5.31. The molecular weight excluding hydrogens is 269 g/mol. The number of hydrogen-bond donors (Lipinski definition) is 1. The minimum absolute atomic E-state index is 0.0785. The van der Waals surface area contributed by atoms with Gasteiger partial charge < -0.3 is 5.32 Å². The number of nitrogens with one attached hydrogen (secondary N) is 1. The molecule has 1 fully saturated rings. The molecule has 4 nitrogen and oxygen atoms in total. The van der Waals surface area contributed by atoms with Crippen LogP contribution in [-0.2, 0) is 0 Å². The number of amides is 1. The summed E-state index contributed by atoms with van der Waals surface area (Å²) in [4.78, 5) is 12.3. The van der Waals surface area contributed by atoms with Gasteiger partial charge in [-0.15, -0.1) is 0 Å². The third-order valence-electron chi connectivity index (χ3n) is 3.84. The Kier molecular flexibility index (Phi) is 3.49. The van der Waals surface area contributed by atoms with E-state index in [9.17, 15) is 9.18 Å². The molecule has 1 amide bonds. The van der Waals surface area contributed by atoms with Crippen molar-refractivity contribution in [2.24, 2.45) is 5.92 Å². The monoisotopic (exact) mass is 287 g/mol. The molecule has 3 rings (SSSR count). The Morgan fingerprint density at radius 1 is 1.33 bits per heavy atom. The van der Waals surface area contributed by atoms with Crippen molar-refractivity contribution in [3.8, 4) is 5.69 Å². The maximum absolute atomic E-state index is 13.0. The summed E-state index contributed by atoms with van der Waals surface area (Å²) in [6, 6.07) is 6.08. The molecule has 1 aromatic heterocycles. The Hall–Kier alpha value is -2.17. The van der Waals surface area contributed by atoms with E-state index >= 15 is 0 Å². The minimum atomic E-state index is -0.289. The van der Waals surface area contributed by atoms with Crippen LogP contribution in [0.3, 0.4) is 0 Å². The molecule has 1 heterocycles. The lowest BCUT2D eigenvalue weighted by Crippen LogP contribution is -2.26. The van der Waals surface area contributed by atoms with E-state index in [-0.39, 0.29) is 11.7 Å². The van der Waals surface area contributed by atoms with Crippen LogP contribution in [-0.4, -0.2) is 22.2 Å². The molecule has 0 atom stereocenters. The molecule has 2 aromatic rings. The highest BCUT2D eigenvalue weighted by Gasteiger charge is 2.24. The molecular formula is C16H18FN3O. The van der Waals surface area contributed by atoms with Crippen LogP contribution in [0.2, 0.25) is 0 Å². The van der Waals surface area contributed by atoms with Gasteiger partial charge in [0.25, 0.3) is 5.91 Å². The molecule has 21 heavy (non-hydrogen) atoms. The van der Waals surface area contributed by atoms with Gasteiger partial charge in [0.1, 0.15) is 5.82 Å². The molecule has 110 valence electrons. The van der Waals surface area contributed by atoms with Gasteiger partial charge in [-0.1, -0.05) is 0 Å². The molecule has 0 spiro atoms. The molecule has 0 bridgehead atoms. The summed E-state index contributed by atoms with van der Waals surface area (Å²) in [6.45, 7) is 4.41. The fraction of sp³-hybridized carbons (Fsp3) is 0.375. The molecule has 0 aliphatic heterocycles. The summed E-state index contributed by atoms with van der Waals surface area (Å²) in [6.07, 6.45) is 2.40. The van der Waals surface area contributed by atoms with Gasteiger partial charge in [-0.3, -0.25) is 4.79 Å². The number of carbonyl (C=O) groups excluding carboxylic acids is 1. The molecule has 1 aromatic carbocycles. The molecule has 1 N–H and O–H groups in total. The summed E-state index contributed by atoms with van der Waals surface area (Å²) >= 11 is 0. The van der Waals surface area contributed by atoms with Crippen molar-refractivity contribution in [1.29, 1.82) is 0 Å². The normalized spacial score (nSPS) is 14.2. The first-order chi connectivity index (χ1) is 10.1. The number of rotatable bonds is 4. The van der Waals surface area contributed by atoms with Gasteiger partial charge in [0, 0.05) is 6.54 Å². The van der Waals surface area contributed by atoms with Crippen LogP contribution < -0.4 is 5.32 Å². The van der Waals surface area contributed by atoms with Crippen molar-refractivity contribution < 1.29 is 9.18 Å². The van der Waals surface area contributed by atoms with Gasteiger partial charge in [0.15, 0.2) is 0 Å². The van der Waals surface area contributed by atoms with Crippen molar-refractivity contribution in [1.82, 2.24) is 15.1 Å². The topological polar surface area (TPSA) is 46.9 Å². The van der Waals surface area contributed by atoms with Gasteiger partial charge in [-0.25, -0.2) is 9.07 Å². The number of carbonyl (C=O) groups is 1. The van der Waals surface area contributed by atoms with Crippen LogP contribution in [0.25, 0.3) is 5.69 Å². The zero-order chi connectivity index (χ0) is 15.0. The zero-order valence-corrected chi connectivity index (χ0v) is 12.2. The third kappa shape index (κ3) is 2.82. The molecule has 0 radical (unpaired) electrons. The first-order valence-corrected chi connectivity index (χ1v) is 7.16. The molecule has 1 saturated carbocycles. The summed E-state index contributed by atoms with van der Waals surface area (Å²) in [5, 5.41) is 7.37. The van der Waals surface area contributed by atoms with Crippen molar-refractivity contribution >= 4 is 5.91 Å². The predicted octanol–water partition coefficient (Wildman–Crippen LogP) is 2.77. The molecule has 0 unspecified atom stereocenters. The fourth-order valence-electron chi connectivity index (χ4n) is 2.45. The van der Waals surface area contributed by atoms with Crippen molar-refractivity contribution in [3.05, 3.63) is 47.0 Å². The molecule has 0 saturated heterocycles. The van der Waals surface area contributed by atoms with Gasteiger partial charge in [0.2, 0.25) is 0 Å². The van der Waals surface area contributed by atoms with E-state index < -0.39 is 0 Å². The lowest BCUT2D eigenvalue weighted by Gasteiger charge is -2.06. The zero-order valence-electron chi connectivity index (χ0n) is 12.2. The van der Waals surface area contributed by atoms with Crippen LogP contribution in [0, 0.1) is 25.6 Å². The smallest absolute Gasteiger partial charge is 0.255 e. The van der Waals surface area contributed by atoms with E-state index in [0.29, 0.717) is 17.2 Å². The van der Waals surface area contributed by atoms with Crippen molar-refractivity contribution in [2.75, 3.05) is 6.54 Å². The second-order valence-electron chi connectivity index (χ2n) is 5.59. The number of aromatic nitrogens is 2. The molecule has 5 heteroatoms. The number of aryl methyl sites for hydroxylation is 1. The van der Waals surface area contributed by atoms with E-state index in [1.54, 1.807) is 16.8 Å². The average Bonchev–Trinajstić information content (AvgIpc) is 3.23. The largest absolute Gasteiger partial charge is 0.352 e.